The fraction of sp³-hybridized carbons (Fsp3) is 0.733. The summed E-state index contributed by atoms with van der Waals surface area (Å²) in [5.41, 5.74) is -0.929. The van der Waals surface area contributed by atoms with Gasteiger partial charge in [0.05, 0.1) is 12.2 Å². The number of hydrogen-bond donors (Lipinski definition) is 3. The first-order valence-electron chi connectivity index (χ1n) is 8.10. The highest BCUT2D eigenvalue weighted by Gasteiger charge is 2.44. The van der Waals surface area contributed by atoms with Crippen LogP contribution in [0.1, 0.15) is 27.0 Å². The molecule has 24 heavy (non-hydrogen) atoms. The summed E-state index contributed by atoms with van der Waals surface area (Å²) in [5.74, 6) is 0.513. The maximum atomic E-state index is 12.2. The number of hydrogen-bond acceptors (Lipinski definition) is 7. The van der Waals surface area contributed by atoms with Gasteiger partial charge in [-0.05, 0) is 26.8 Å². The molecule has 1 aliphatic heterocycles. The molecule has 1 aromatic heterocycles. The van der Waals surface area contributed by atoms with Gasteiger partial charge in [0.1, 0.15) is 33.1 Å². The van der Waals surface area contributed by atoms with Crippen molar-refractivity contribution in [3.63, 3.8) is 0 Å². The molecule has 0 saturated carbocycles. The maximum absolute atomic E-state index is 12.2. The van der Waals surface area contributed by atoms with Crippen LogP contribution in [0.2, 0.25) is 13.1 Å². The number of ether oxygens (including phenoxy) is 2. The summed E-state index contributed by atoms with van der Waals surface area (Å²) in [4.78, 5) is 19.3. The minimum Gasteiger partial charge on any atom is -0.398 e. The summed E-state index contributed by atoms with van der Waals surface area (Å²) >= 11 is 0. The Hall–Kier alpha value is -1.26. The fourth-order valence-corrected chi connectivity index (χ4v) is 3.16. The van der Waals surface area contributed by atoms with Crippen LogP contribution in [0, 0.1) is 0 Å². The molecule has 0 aliphatic carbocycles. The topological polar surface area (TPSA) is 106 Å². The molecule has 8 nitrogen and oxygen atoms in total. The van der Waals surface area contributed by atoms with Gasteiger partial charge in [-0.15, -0.1) is 0 Å². The first-order chi connectivity index (χ1) is 11.1. The molecule has 0 radical (unpaired) electrons. The smallest absolute Gasteiger partial charge is 0.351 e. The first kappa shape index (κ1) is 19.1. The lowest BCUT2D eigenvalue weighted by atomic mass is 10.1. The molecule has 0 spiro atoms. The quantitative estimate of drug-likeness (QED) is 0.641. The van der Waals surface area contributed by atoms with E-state index in [4.69, 9.17) is 9.47 Å². The molecule has 3 N–H and O–H groups in total. The Bertz CT molecular complexity index is 616. The summed E-state index contributed by atoms with van der Waals surface area (Å²) in [5, 5.41) is 20.4. The SMILES string of the molecule is C[SiH](C)Nc1ccn([C@@H]2O[C@H](COC(C)(C)C)[C@@H](O)[C@@H]2O)c(=O)n1. The Morgan fingerprint density at radius 1 is 1.38 bits per heavy atom. The van der Waals surface area contributed by atoms with Gasteiger partial charge in [0.2, 0.25) is 0 Å². The van der Waals surface area contributed by atoms with Crippen LogP contribution in [0.5, 0.6) is 0 Å². The van der Waals surface area contributed by atoms with E-state index in [0.717, 1.165) is 0 Å². The highest BCUT2D eigenvalue weighted by atomic mass is 28.3. The number of aliphatic hydroxyl groups is 2. The Labute approximate surface area is 143 Å². The molecule has 0 bridgehead atoms. The van der Waals surface area contributed by atoms with E-state index in [1.807, 2.05) is 20.8 Å². The summed E-state index contributed by atoms with van der Waals surface area (Å²) in [7, 11) is -1.12. The van der Waals surface area contributed by atoms with Crippen molar-refractivity contribution in [2.45, 2.75) is 64.0 Å². The molecule has 2 rings (SSSR count). The van der Waals surface area contributed by atoms with Crippen molar-refractivity contribution >= 4 is 14.8 Å². The zero-order chi connectivity index (χ0) is 18.1. The van der Waals surface area contributed by atoms with Gasteiger partial charge < -0.3 is 24.7 Å². The van der Waals surface area contributed by atoms with Crippen molar-refractivity contribution < 1.29 is 19.7 Å². The largest absolute Gasteiger partial charge is 0.398 e. The second-order valence-corrected chi connectivity index (χ2v) is 9.87. The predicted octanol–water partition coefficient (Wildman–Crippen LogP) is 0.0729. The number of nitrogens with zero attached hydrogens (tertiary/aromatic N) is 2. The molecule has 1 fully saturated rings. The molecule has 1 aliphatic rings. The lowest BCUT2D eigenvalue weighted by molar-refractivity contribution is -0.101. The third-order valence-corrected chi connectivity index (χ3v) is 4.43. The normalized spacial score (nSPS) is 27.7. The second-order valence-electron chi connectivity index (χ2n) is 7.27. The standard InChI is InChI=1S/C15H27N3O5Si/c1-15(2,3)22-8-9-11(19)12(20)13(23-9)18-7-6-10(16-14(18)21)17-24(4)5/h6-7,9,11-13,19-20,24H,8H2,1-5H3,(H,16,17,21)/t9-,11-,12+,13-/m1/s1. The van der Waals surface area contributed by atoms with E-state index in [1.54, 1.807) is 6.07 Å². The molecule has 2 heterocycles. The Kier molecular flexibility index (Phi) is 5.81. The lowest BCUT2D eigenvalue weighted by Gasteiger charge is -2.23. The summed E-state index contributed by atoms with van der Waals surface area (Å²) in [6.45, 7) is 9.95. The number of rotatable bonds is 5. The molecule has 136 valence electrons. The van der Waals surface area contributed by atoms with Crippen molar-refractivity contribution in [1.29, 1.82) is 0 Å². The van der Waals surface area contributed by atoms with E-state index >= 15 is 0 Å². The van der Waals surface area contributed by atoms with E-state index in [-0.39, 0.29) is 6.61 Å². The van der Waals surface area contributed by atoms with Crippen molar-refractivity contribution in [2.75, 3.05) is 11.6 Å². The molecule has 9 heteroatoms. The maximum Gasteiger partial charge on any atom is 0.351 e. The van der Waals surface area contributed by atoms with Crippen LogP contribution in [0.4, 0.5) is 5.82 Å². The van der Waals surface area contributed by atoms with Gasteiger partial charge >= 0.3 is 5.69 Å². The summed E-state index contributed by atoms with van der Waals surface area (Å²) in [6.07, 6.45) is -2.54. The third-order valence-electron chi connectivity index (χ3n) is 3.56. The molecule has 0 aromatic carbocycles. The van der Waals surface area contributed by atoms with Crippen LogP contribution < -0.4 is 10.7 Å². The van der Waals surface area contributed by atoms with Crippen LogP contribution in [-0.4, -0.2) is 59.2 Å². The number of nitrogens with one attached hydrogen (secondary N) is 1. The molecule has 4 atom stereocenters. The van der Waals surface area contributed by atoms with Gasteiger partial charge in [0.15, 0.2) is 6.23 Å². The van der Waals surface area contributed by atoms with Crippen molar-refractivity contribution in [1.82, 2.24) is 9.55 Å². The zero-order valence-electron chi connectivity index (χ0n) is 14.8. The zero-order valence-corrected chi connectivity index (χ0v) is 15.9. The molecule has 0 amide bonds. The third kappa shape index (κ3) is 4.64. The fourth-order valence-electron chi connectivity index (χ4n) is 2.41. The monoisotopic (exact) mass is 357 g/mol. The Morgan fingerprint density at radius 2 is 2.04 bits per heavy atom. The van der Waals surface area contributed by atoms with Gasteiger partial charge in [0, 0.05) is 6.20 Å². The average Bonchev–Trinajstić information content (AvgIpc) is 2.72. The van der Waals surface area contributed by atoms with Crippen molar-refractivity contribution in [2.24, 2.45) is 0 Å². The average molecular weight is 357 g/mol. The molecule has 1 aromatic rings. The van der Waals surface area contributed by atoms with Crippen LogP contribution in [0.25, 0.3) is 0 Å². The molecule has 0 unspecified atom stereocenters. The van der Waals surface area contributed by atoms with Crippen LogP contribution in [0.15, 0.2) is 17.1 Å². The molecule has 1 saturated heterocycles. The van der Waals surface area contributed by atoms with Crippen LogP contribution >= 0.6 is 0 Å². The lowest BCUT2D eigenvalue weighted by Crippen LogP contribution is -2.37. The highest BCUT2D eigenvalue weighted by Crippen LogP contribution is 2.29. The van der Waals surface area contributed by atoms with Gasteiger partial charge in [-0.2, -0.15) is 4.98 Å². The molecular formula is C15H27N3O5Si. The van der Waals surface area contributed by atoms with E-state index in [2.05, 4.69) is 23.1 Å². The predicted molar refractivity (Wildman–Crippen MR) is 92.6 cm³/mol. The van der Waals surface area contributed by atoms with Gasteiger partial charge in [-0.3, -0.25) is 4.57 Å². The Morgan fingerprint density at radius 3 is 2.58 bits per heavy atom. The highest BCUT2D eigenvalue weighted by molar-refractivity contribution is 6.59. The van der Waals surface area contributed by atoms with E-state index in [0.29, 0.717) is 5.82 Å². The number of anilines is 1. The van der Waals surface area contributed by atoms with E-state index in [9.17, 15) is 15.0 Å². The summed E-state index contributed by atoms with van der Waals surface area (Å²) in [6, 6.07) is 1.66. The van der Waals surface area contributed by atoms with E-state index in [1.165, 1.54) is 10.8 Å². The van der Waals surface area contributed by atoms with Gasteiger partial charge in [-0.1, -0.05) is 13.1 Å². The van der Waals surface area contributed by atoms with Crippen molar-refractivity contribution in [3.8, 4) is 0 Å². The van der Waals surface area contributed by atoms with Gasteiger partial charge in [-0.25, -0.2) is 4.79 Å². The number of aliphatic hydroxyl groups excluding tert-OH is 2. The van der Waals surface area contributed by atoms with Crippen molar-refractivity contribution in [3.05, 3.63) is 22.7 Å². The van der Waals surface area contributed by atoms with Gasteiger partial charge in [0.25, 0.3) is 0 Å². The first-order valence-corrected chi connectivity index (χ1v) is 11.0. The minimum absolute atomic E-state index is 0.124. The summed E-state index contributed by atoms with van der Waals surface area (Å²) < 4.78 is 12.5. The number of aromatic nitrogens is 2. The van der Waals surface area contributed by atoms with E-state index < -0.39 is 44.8 Å². The Balaban J connectivity index is 2.13. The van der Waals surface area contributed by atoms with Crippen LogP contribution in [0.3, 0.4) is 0 Å². The molecular weight excluding hydrogens is 330 g/mol. The van der Waals surface area contributed by atoms with Crippen LogP contribution in [-0.2, 0) is 9.47 Å². The minimum atomic E-state index is -1.23. The second kappa shape index (κ2) is 7.32.